The minimum Gasteiger partial charge on any atom is -0.497 e. The van der Waals surface area contributed by atoms with Gasteiger partial charge in [-0.3, -0.25) is 9.59 Å². The van der Waals surface area contributed by atoms with Gasteiger partial charge in [0.1, 0.15) is 11.8 Å². The predicted molar refractivity (Wildman–Crippen MR) is 111 cm³/mol. The van der Waals surface area contributed by atoms with Crippen molar-refractivity contribution in [3.8, 4) is 16.9 Å². The molecular weight excluding hydrogens is 408 g/mol. The second-order valence-corrected chi connectivity index (χ2v) is 9.04. The summed E-state index contributed by atoms with van der Waals surface area (Å²) in [6.45, 7) is 1.37. The maximum absolute atomic E-state index is 13.1. The van der Waals surface area contributed by atoms with Crippen LogP contribution in [0.15, 0.2) is 53.4 Å². The molecule has 0 bridgehead atoms. The van der Waals surface area contributed by atoms with E-state index in [0.29, 0.717) is 6.42 Å². The maximum Gasteiger partial charge on any atom is 0.322 e. The van der Waals surface area contributed by atoms with Crippen LogP contribution in [0.25, 0.3) is 11.1 Å². The van der Waals surface area contributed by atoms with Crippen LogP contribution >= 0.6 is 0 Å². The third kappa shape index (κ3) is 4.63. The van der Waals surface area contributed by atoms with Crippen molar-refractivity contribution >= 4 is 21.9 Å². The molecule has 9 heteroatoms. The molecule has 1 fully saturated rings. The van der Waals surface area contributed by atoms with Gasteiger partial charge < -0.3 is 15.2 Å². The van der Waals surface area contributed by atoms with Crippen molar-refractivity contribution in [1.29, 1.82) is 0 Å². The molecule has 0 unspecified atom stereocenters. The zero-order chi connectivity index (χ0) is 21.9. The Kier molecular flexibility index (Phi) is 6.42. The molecule has 1 amide bonds. The Hall–Kier alpha value is -2.91. The zero-order valence-corrected chi connectivity index (χ0v) is 17.6. The summed E-state index contributed by atoms with van der Waals surface area (Å²) in [6, 6.07) is 12.1. The van der Waals surface area contributed by atoms with Crippen molar-refractivity contribution in [1.82, 2.24) is 9.62 Å². The normalized spacial score (nSPS) is 19.8. The van der Waals surface area contributed by atoms with Gasteiger partial charge >= 0.3 is 5.97 Å². The van der Waals surface area contributed by atoms with Gasteiger partial charge in [0.25, 0.3) is 0 Å². The number of carboxylic acid groups (broad SMARTS) is 1. The molecule has 1 aliphatic rings. The van der Waals surface area contributed by atoms with Crippen LogP contribution in [0.2, 0.25) is 0 Å². The second kappa shape index (κ2) is 8.85. The molecule has 160 valence electrons. The van der Waals surface area contributed by atoms with Gasteiger partial charge in [0.05, 0.1) is 12.0 Å². The van der Waals surface area contributed by atoms with Gasteiger partial charge in [-0.15, -0.1) is 0 Å². The van der Waals surface area contributed by atoms with Gasteiger partial charge in [0, 0.05) is 19.5 Å². The molecule has 0 aliphatic carbocycles. The van der Waals surface area contributed by atoms with Crippen LogP contribution in [0.5, 0.6) is 5.75 Å². The summed E-state index contributed by atoms with van der Waals surface area (Å²) in [6.07, 6.45) is 0.380. The first-order chi connectivity index (χ1) is 14.2. The summed E-state index contributed by atoms with van der Waals surface area (Å²) < 4.78 is 32.4. The van der Waals surface area contributed by atoms with Crippen LogP contribution in [0.4, 0.5) is 0 Å². The van der Waals surface area contributed by atoms with E-state index in [2.05, 4.69) is 5.32 Å². The number of nitrogens with one attached hydrogen (secondary N) is 1. The number of hydrogen-bond acceptors (Lipinski definition) is 5. The van der Waals surface area contributed by atoms with Crippen LogP contribution in [0.1, 0.15) is 19.8 Å². The fourth-order valence-electron chi connectivity index (χ4n) is 3.61. The van der Waals surface area contributed by atoms with Gasteiger partial charge in [0.2, 0.25) is 15.9 Å². The van der Waals surface area contributed by atoms with Crippen molar-refractivity contribution < 1.29 is 27.9 Å². The van der Waals surface area contributed by atoms with Crippen molar-refractivity contribution in [2.75, 3.05) is 13.7 Å². The first-order valence-electron chi connectivity index (χ1n) is 9.48. The number of carbonyl (C=O) groups excluding carboxylic acids is 1. The second-order valence-electron chi connectivity index (χ2n) is 7.14. The number of nitrogens with zero attached hydrogens (tertiary/aromatic N) is 1. The van der Waals surface area contributed by atoms with Crippen LogP contribution in [0.3, 0.4) is 0 Å². The molecule has 2 atom stereocenters. The molecule has 2 aromatic rings. The monoisotopic (exact) mass is 432 g/mol. The molecule has 0 saturated carbocycles. The minimum absolute atomic E-state index is 0.0183. The highest BCUT2D eigenvalue weighted by Gasteiger charge is 2.41. The van der Waals surface area contributed by atoms with Crippen LogP contribution in [-0.2, 0) is 19.6 Å². The molecule has 0 aromatic heterocycles. The van der Waals surface area contributed by atoms with E-state index >= 15 is 0 Å². The molecule has 0 radical (unpaired) electrons. The fraction of sp³-hybridized carbons (Fsp3) is 0.333. The van der Waals surface area contributed by atoms with Crippen molar-refractivity contribution in [3.05, 3.63) is 48.5 Å². The number of ether oxygens (including phenoxy) is 1. The van der Waals surface area contributed by atoms with E-state index in [-0.39, 0.29) is 29.8 Å². The number of amides is 1. The average Bonchev–Trinajstić information content (AvgIpc) is 2.73. The molecule has 8 nitrogen and oxygen atoms in total. The lowest BCUT2D eigenvalue weighted by molar-refractivity contribution is -0.143. The topological polar surface area (TPSA) is 113 Å². The lowest BCUT2D eigenvalue weighted by atomic mass is 9.99. The van der Waals surface area contributed by atoms with Crippen LogP contribution < -0.4 is 10.1 Å². The van der Waals surface area contributed by atoms with E-state index in [9.17, 15) is 23.1 Å². The minimum atomic E-state index is -4.00. The molecule has 30 heavy (non-hydrogen) atoms. The van der Waals surface area contributed by atoms with Crippen molar-refractivity contribution in [2.45, 2.75) is 36.7 Å². The summed E-state index contributed by atoms with van der Waals surface area (Å²) in [4.78, 5) is 23.0. The lowest BCUT2D eigenvalue weighted by Crippen LogP contribution is -2.54. The number of rotatable bonds is 6. The molecule has 1 heterocycles. The number of piperidine rings is 1. The molecular formula is C21H24N2O6S. The Labute approximate surface area is 175 Å². The highest BCUT2D eigenvalue weighted by molar-refractivity contribution is 7.89. The van der Waals surface area contributed by atoms with Gasteiger partial charge in [-0.1, -0.05) is 24.3 Å². The Morgan fingerprint density at radius 3 is 2.13 bits per heavy atom. The summed E-state index contributed by atoms with van der Waals surface area (Å²) in [7, 11) is -2.42. The predicted octanol–water partition coefficient (Wildman–Crippen LogP) is 2.10. The Bertz CT molecular complexity index is 1020. The quantitative estimate of drug-likeness (QED) is 0.723. The average molecular weight is 432 g/mol. The van der Waals surface area contributed by atoms with E-state index in [0.717, 1.165) is 21.2 Å². The largest absolute Gasteiger partial charge is 0.497 e. The van der Waals surface area contributed by atoms with Gasteiger partial charge in [-0.25, -0.2) is 8.42 Å². The molecule has 1 saturated heterocycles. The summed E-state index contributed by atoms with van der Waals surface area (Å²) >= 11 is 0. The van der Waals surface area contributed by atoms with Crippen LogP contribution in [0, 0.1) is 0 Å². The maximum atomic E-state index is 13.1. The summed E-state index contributed by atoms with van der Waals surface area (Å²) in [5.74, 6) is -0.779. The van der Waals surface area contributed by atoms with Gasteiger partial charge in [0.15, 0.2) is 0 Å². The molecule has 3 rings (SSSR count). The summed E-state index contributed by atoms with van der Waals surface area (Å²) in [5.41, 5.74) is 1.73. The SMILES string of the molecule is COc1ccc(-c2ccc(S(=O)(=O)N3CC[C@H](NC(C)=O)C[C@@H]3C(=O)O)cc2)cc1. The highest BCUT2D eigenvalue weighted by Crippen LogP contribution is 2.28. The number of aliphatic carboxylic acids is 1. The molecule has 2 aromatic carbocycles. The third-order valence-electron chi connectivity index (χ3n) is 5.13. The lowest BCUT2D eigenvalue weighted by Gasteiger charge is -2.36. The third-order valence-corrected chi connectivity index (χ3v) is 7.05. The smallest absolute Gasteiger partial charge is 0.322 e. The Morgan fingerprint density at radius 1 is 1.07 bits per heavy atom. The Morgan fingerprint density at radius 2 is 1.63 bits per heavy atom. The number of benzene rings is 2. The number of carbonyl (C=O) groups is 2. The number of methoxy groups -OCH3 is 1. The van der Waals surface area contributed by atoms with Crippen LogP contribution in [-0.4, -0.2) is 55.4 Å². The first kappa shape index (κ1) is 21.8. The number of hydrogen-bond donors (Lipinski definition) is 2. The molecule has 2 N–H and O–H groups in total. The standard InChI is InChI=1S/C21H24N2O6S/c1-14(24)22-17-11-12-23(20(13-17)21(25)26)30(27,28)19-9-5-16(6-10-19)15-3-7-18(29-2)8-4-15/h3-10,17,20H,11-13H2,1-2H3,(H,22,24)(H,25,26)/t17-,20+/m0/s1. The van der Waals surface area contributed by atoms with Gasteiger partial charge in [-0.2, -0.15) is 4.31 Å². The number of carboxylic acids is 1. The van der Waals surface area contributed by atoms with Crippen molar-refractivity contribution in [3.63, 3.8) is 0 Å². The number of sulfonamides is 1. The first-order valence-corrected chi connectivity index (χ1v) is 10.9. The van der Waals surface area contributed by atoms with E-state index in [1.54, 1.807) is 19.2 Å². The Balaban J connectivity index is 1.83. The van der Waals surface area contributed by atoms with Gasteiger partial charge in [-0.05, 0) is 48.2 Å². The van der Waals surface area contributed by atoms with E-state index in [4.69, 9.17) is 4.74 Å². The molecule has 1 aliphatic heterocycles. The van der Waals surface area contributed by atoms with E-state index in [1.807, 2.05) is 24.3 Å². The molecule has 0 spiro atoms. The highest BCUT2D eigenvalue weighted by atomic mass is 32.2. The van der Waals surface area contributed by atoms with E-state index < -0.39 is 22.0 Å². The van der Waals surface area contributed by atoms with E-state index in [1.165, 1.54) is 19.1 Å². The fourth-order valence-corrected chi connectivity index (χ4v) is 5.22. The summed E-state index contributed by atoms with van der Waals surface area (Å²) in [5, 5.41) is 12.3. The van der Waals surface area contributed by atoms with Crippen molar-refractivity contribution in [2.24, 2.45) is 0 Å². The zero-order valence-electron chi connectivity index (χ0n) is 16.7.